The third kappa shape index (κ3) is 7.35. The van der Waals surface area contributed by atoms with Gasteiger partial charge in [-0.15, -0.1) is 0 Å². The lowest BCUT2D eigenvalue weighted by molar-refractivity contribution is 0.644. The van der Waals surface area contributed by atoms with Crippen LogP contribution in [0.25, 0.3) is 22.3 Å². The Balaban J connectivity index is 0.000000199. The summed E-state index contributed by atoms with van der Waals surface area (Å²) in [5.41, 5.74) is 13.5. The molecule has 6 heterocycles. The molecule has 0 spiro atoms. The lowest BCUT2D eigenvalue weighted by atomic mass is 10.1. The van der Waals surface area contributed by atoms with Gasteiger partial charge < -0.3 is 14.9 Å². The maximum absolute atomic E-state index is 5.91. The Morgan fingerprint density at radius 2 is 1.37 bits per heavy atom. The zero-order valence-electron chi connectivity index (χ0n) is 28.8. The molecule has 6 aromatic rings. The number of fused-ring (bicyclic) bond motifs is 2. The van der Waals surface area contributed by atoms with Crippen LogP contribution in [0.1, 0.15) is 120 Å². The van der Waals surface area contributed by atoms with Crippen LogP contribution in [0, 0.1) is 6.92 Å². The fraction of sp³-hybridized carbons (Fsp3) is 0.429. The first-order chi connectivity index (χ1) is 22.0. The van der Waals surface area contributed by atoms with Gasteiger partial charge in [0.05, 0.1) is 36.6 Å². The van der Waals surface area contributed by atoms with Crippen molar-refractivity contribution in [3.8, 4) is 0 Å². The van der Waals surface area contributed by atoms with E-state index in [2.05, 4.69) is 89.0 Å². The normalized spacial score (nSPS) is 11.9. The number of aromatic nitrogens is 10. The molecule has 6 rings (SSSR count). The SMILES string of the molecule is CC.CC(C)c1nc(C(C)C)c2ncn(C(C)c3cccnc3)c2n1.Cc1nc(C(C)C)c2ncn(Cc3cccnc3N)c2n1. The minimum atomic E-state index is 0.128. The molecule has 0 aromatic carbocycles. The molecule has 0 saturated heterocycles. The smallest absolute Gasteiger partial charge is 0.164 e. The Morgan fingerprint density at radius 3 is 2.00 bits per heavy atom. The van der Waals surface area contributed by atoms with Crippen molar-refractivity contribution < 1.29 is 0 Å². The number of anilines is 1. The summed E-state index contributed by atoms with van der Waals surface area (Å²) in [5.74, 6) is 3.08. The van der Waals surface area contributed by atoms with Gasteiger partial charge in [0.25, 0.3) is 0 Å². The summed E-state index contributed by atoms with van der Waals surface area (Å²) in [6.45, 7) is 21.4. The highest BCUT2D eigenvalue weighted by molar-refractivity contribution is 5.75. The van der Waals surface area contributed by atoms with Crippen molar-refractivity contribution in [2.45, 2.75) is 99.6 Å². The zero-order chi connectivity index (χ0) is 33.5. The molecular weight excluding hydrogens is 574 g/mol. The van der Waals surface area contributed by atoms with Gasteiger partial charge in [-0.05, 0) is 43.4 Å². The number of hydrogen-bond acceptors (Lipinski definition) is 9. The van der Waals surface area contributed by atoms with E-state index in [1.54, 1.807) is 18.7 Å². The molecule has 0 aliphatic carbocycles. The molecule has 0 aliphatic rings. The number of rotatable bonds is 7. The van der Waals surface area contributed by atoms with Crippen LogP contribution in [0.3, 0.4) is 0 Å². The molecule has 11 heteroatoms. The Kier molecular flexibility index (Phi) is 11.1. The fourth-order valence-electron chi connectivity index (χ4n) is 5.05. The minimum Gasteiger partial charge on any atom is -0.383 e. The molecule has 0 amide bonds. The number of imidazole rings is 2. The van der Waals surface area contributed by atoms with Gasteiger partial charge in [-0.1, -0.05) is 67.5 Å². The first-order valence-corrected chi connectivity index (χ1v) is 16.1. The van der Waals surface area contributed by atoms with E-state index in [0.29, 0.717) is 24.2 Å². The maximum Gasteiger partial charge on any atom is 0.164 e. The summed E-state index contributed by atoms with van der Waals surface area (Å²) >= 11 is 0. The lowest BCUT2D eigenvalue weighted by Crippen LogP contribution is -2.10. The van der Waals surface area contributed by atoms with Gasteiger partial charge in [0.1, 0.15) is 28.5 Å². The predicted molar refractivity (Wildman–Crippen MR) is 185 cm³/mol. The molecule has 0 fully saturated rings. The fourth-order valence-corrected chi connectivity index (χ4v) is 5.05. The average molecular weight is 622 g/mol. The number of nitrogens with zero attached hydrogens (tertiary/aromatic N) is 10. The van der Waals surface area contributed by atoms with Crippen molar-refractivity contribution in [3.63, 3.8) is 0 Å². The Bertz CT molecular complexity index is 1870. The van der Waals surface area contributed by atoms with E-state index in [1.165, 1.54) is 0 Å². The summed E-state index contributed by atoms with van der Waals surface area (Å²) in [6, 6.07) is 8.01. The molecule has 6 aromatic heterocycles. The summed E-state index contributed by atoms with van der Waals surface area (Å²) in [6.07, 6.45) is 9.03. The maximum atomic E-state index is 5.91. The monoisotopic (exact) mass is 621 g/mol. The molecule has 0 saturated carbocycles. The van der Waals surface area contributed by atoms with Gasteiger partial charge in [0.15, 0.2) is 11.3 Å². The van der Waals surface area contributed by atoms with Crippen LogP contribution in [0.2, 0.25) is 0 Å². The predicted octanol–water partition coefficient (Wildman–Crippen LogP) is 7.39. The molecule has 0 bridgehead atoms. The van der Waals surface area contributed by atoms with E-state index in [-0.39, 0.29) is 12.0 Å². The van der Waals surface area contributed by atoms with E-state index in [4.69, 9.17) is 15.7 Å². The highest BCUT2D eigenvalue weighted by atomic mass is 15.1. The second-order valence-electron chi connectivity index (χ2n) is 12.0. The van der Waals surface area contributed by atoms with E-state index in [9.17, 15) is 0 Å². The molecule has 1 unspecified atom stereocenters. The summed E-state index contributed by atoms with van der Waals surface area (Å²) in [7, 11) is 0. The van der Waals surface area contributed by atoms with Crippen LogP contribution < -0.4 is 5.73 Å². The highest BCUT2D eigenvalue weighted by Gasteiger charge is 2.20. The number of pyridine rings is 2. The third-order valence-electron chi connectivity index (χ3n) is 7.53. The second kappa shape index (κ2) is 15.0. The molecule has 1 atom stereocenters. The second-order valence-corrected chi connectivity index (χ2v) is 12.0. The van der Waals surface area contributed by atoms with Crippen LogP contribution in [0.15, 0.2) is 55.5 Å². The van der Waals surface area contributed by atoms with E-state index < -0.39 is 0 Å². The molecule has 0 aliphatic heterocycles. The number of aryl methyl sites for hydroxylation is 1. The summed E-state index contributed by atoms with van der Waals surface area (Å²) in [4.78, 5) is 36.0. The van der Waals surface area contributed by atoms with Crippen LogP contribution >= 0.6 is 0 Å². The van der Waals surface area contributed by atoms with E-state index >= 15 is 0 Å². The molecule has 11 nitrogen and oxygen atoms in total. The minimum absolute atomic E-state index is 0.128. The van der Waals surface area contributed by atoms with Crippen LogP contribution in [-0.4, -0.2) is 49.0 Å². The number of hydrogen-bond donors (Lipinski definition) is 1. The largest absolute Gasteiger partial charge is 0.383 e. The van der Waals surface area contributed by atoms with Gasteiger partial charge >= 0.3 is 0 Å². The molecule has 2 N–H and O–H groups in total. The first kappa shape index (κ1) is 34.1. The van der Waals surface area contributed by atoms with Gasteiger partial charge in [-0.2, -0.15) is 0 Å². The van der Waals surface area contributed by atoms with Crippen LogP contribution in [0.5, 0.6) is 0 Å². The molecule has 0 radical (unpaired) electrons. The van der Waals surface area contributed by atoms with Gasteiger partial charge in [0, 0.05) is 30.1 Å². The van der Waals surface area contributed by atoms with E-state index in [1.807, 2.05) is 56.1 Å². The summed E-state index contributed by atoms with van der Waals surface area (Å²) in [5, 5.41) is 0. The zero-order valence-corrected chi connectivity index (χ0v) is 28.8. The molecule has 242 valence electrons. The highest BCUT2D eigenvalue weighted by Crippen LogP contribution is 2.28. The Hall–Kier alpha value is -4.80. The summed E-state index contributed by atoms with van der Waals surface area (Å²) < 4.78 is 4.11. The van der Waals surface area contributed by atoms with Crippen molar-refractivity contribution in [2.24, 2.45) is 0 Å². The van der Waals surface area contributed by atoms with Crippen molar-refractivity contribution in [1.82, 2.24) is 49.0 Å². The molecular formula is C35H47N11. The Labute approximate surface area is 271 Å². The van der Waals surface area contributed by atoms with Crippen LogP contribution in [-0.2, 0) is 6.54 Å². The van der Waals surface area contributed by atoms with Crippen molar-refractivity contribution in [1.29, 1.82) is 0 Å². The third-order valence-corrected chi connectivity index (χ3v) is 7.53. The van der Waals surface area contributed by atoms with Crippen LogP contribution in [0.4, 0.5) is 5.82 Å². The first-order valence-electron chi connectivity index (χ1n) is 16.1. The molecule has 46 heavy (non-hydrogen) atoms. The van der Waals surface area contributed by atoms with Gasteiger partial charge in [0.2, 0.25) is 0 Å². The lowest BCUT2D eigenvalue weighted by Gasteiger charge is -2.15. The van der Waals surface area contributed by atoms with E-state index in [0.717, 1.165) is 56.5 Å². The van der Waals surface area contributed by atoms with Crippen molar-refractivity contribution >= 4 is 28.1 Å². The quantitative estimate of drug-likeness (QED) is 0.193. The van der Waals surface area contributed by atoms with Crippen molar-refractivity contribution in [3.05, 3.63) is 89.7 Å². The number of nitrogens with two attached hydrogens (primary N) is 1. The number of nitrogen functional groups attached to an aromatic ring is 1. The van der Waals surface area contributed by atoms with Crippen molar-refractivity contribution in [2.75, 3.05) is 5.73 Å². The standard InChI is InChI=1S/C18H23N5.C15H18N6.C2H6/c1-11(2)15-16-18(22-17(21-15)12(3)4)23(10-20-16)13(5)14-7-6-8-19-9-14;1-9(2)12-13-15(20-10(3)19-12)21(8-18-13)7-11-5-4-6-17-14(11)16;1-2/h6-13H,1-5H3;4-6,8-9H,7H2,1-3H3,(H2,16,17);1-2H3. The Morgan fingerprint density at radius 1 is 0.717 bits per heavy atom. The van der Waals surface area contributed by atoms with Gasteiger partial charge in [-0.3, -0.25) is 4.98 Å². The van der Waals surface area contributed by atoms with Gasteiger partial charge in [-0.25, -0.2) is 34.9 Å². The topological polar surface area (TPSA) is 139 Å². The average Bonchev–Trinajstić information content (AvgIpc) is 3.66.